The molecule has 1 aromatic carbocycles. The van der Waals surface area contributed by atoms with Crippen molar-refractivity contribution in [2.24, 2.45) is 7.05 Å². The maximum atomic E-state index is 12.0. The number of benzene rings is 1. The number of nitrogens with zero attached hydrogens (tertiary/aromatic N) is 2. The van der Waals surface area contributed by atoms with Gasteiger partial charge in [-0.1, -0.05) is 6.07 Å². The fourth-order valence-electron chi connectivity index (χ4n) is 1.87. The summed E-state index contributed by atoms with van der Waals surface area (Å²) in [4.78, 5) is 27.8. The molecule has 0 aliphatic rings. The summed E-state index contributed by atoms with van der Waals surface area (Å²) in [5.41, 5.74) is 1.69. The molecule has 0 spiro atoms. The summed E-state index contributed by atoms with van der Waals surface area (Å²) in [7, 11) is 1.81. The van der Waals surface area contributed by atoms with Crippen molar-refractivity contribution in [2.75, 3.05) is 6.61 Å². The van der Waals surface area contributed by atoms with E-state index < -0.39 is 11.8 Å². The Morgan fingerprint density at radius 3 is 2.78 bits per heavy atom. The number of ether oxygens (including phenoxy) is 1. The van der Waals surface area contributed by atoms with Crippen LogP contribution in [-0.2, 0) is 16.6 Å². The Kier molecular flexibility index (Phi) is 3.14. The summed E-state index contributed by atoms with van der Waals surface area (Å²) in [6, 6.07) is 5.13. The predicted molar refractivity (Wildman–Crippen MR) is 66.4 cm³/mol. The Labute approximate surface area is 104 Å². The van der Waals surface area contributed by atoms with E-state index in [1.54, 1.807) is 23.6 Å². The fourth-order valence-corrected chi connectivity index (χ4v) is 1.87. The molecule has 0 saturated carbocycles. The molecule has 0 fully saturated rings. The molecule has 2 rings (SSSR count). The lowest BCUT2D eigenvalue weighted by molar-refractivity contribution is -0.137. The van der Waals surface area contributed by atoms with Crippen molar-refractivity contribution in [2.45, 2.75) is 13.8 Å². The SMILES string of the molecule is CCOC(=O)C(=O)c1cccc2nc(C)n(C)c12. The topological polar surface area (TPSA) is 61.2 Å². The Bertz CT molecular complexity index is 628. The molecule has 18 heavy (non-hydrogen) atoms. The number of hydrogen-bond acceptors (Lipinski definition) is 4. The van der Waals surface area contributed by atoms with E-state index in [4.69, 9.17) is 4.74 Å². The van der Waals surface area contributed by atoms with Crippen molar-refractivity contribution in [1.82, 2.24) is 9.55 Å². The van der Waals surface area contributed by atoms with Gasteiger partial charge in [0.05, 0.1) is 23.2 Å². The standard InChI is InChI=1S/C13H14N2O3/c1-4-18-13(17)12(16)9-6-5-7-10-11(9)15(3)8(2)14-10/h5-7H,4H2,1-3H3. The number of carbonyl (C=O) groups excluding carboxylic acids is 2. The van der Waals surface area contributed by atoms with Crippen LogP contribution in [0.15, 0.2) is 18.2 Å². The van der Waals surface area contributed by atoms with Crippen LogP contribution >= 0.6 is 0 Å². The van der Waals surface area contributed by atoms with E-state index in [0.29, 0.717) is 16.6 Å². The minimum absolute atomic E-state index is 0.185. The van der Waals surface area contributed by atoms with E-state index in [1.807, 2.05) is 20.0 Å². The molecule has 94 valence electrons. The average Bonchev–Trinajstić information content (AvgIpc) is 2.64. The van der Waals surface area contributed by atoms with Crippen molar-refractivity contribution in [3.63, 3.8) is 0 Å². The van der Waals surface area contributed by atoms with Gasteiger partial charge in [0.2, 0.25) is 0 Å². The highest BCUT2D eigenvalue weighted by Crippen LogP contribution is 2.20. The lowest BCUT2D eigenvalue weighted by Gasteiger charge is -2.04. The van der Waals surface area contributed by atoms with E-state index >= 15 is 0 Å². The number of Topliss-reactive ketones (excluding diaryl/α,β-unsaturated/α-hetero) is 1. The summed E-state index contributed by atoms with van der Waals surface area (Å²) >= 11 is 0. The Hall–Kier alpha value is -2.17. The monoisotopic (exact) mass is 246 g/mol. The molecule has 0 saturated heterocycles. The van der Waals surface area contributed by atoms with E-state index in [-0.39, 0.29) is 6.61 Å². The van der Waals surface area contributed by atoms with Gasteiger partial charge in [-0.15, -0.1) is 0 Å². The molecule has 0 aliphatic heterocycles. The molecule has 0 atom stereocenters. The molecular formula is C13H14N2O3. The van der Waals surface area contributed by atoms with Gasteiger partial charge in [-0.2, -0.15) is 0 Å². The van der Waals surface area contributed by atoms with Crippen molar-refractivity contribution in [3.8, 4) is 0 Å². The molecule has 1 aromatic heterocycles. The molecule has 0 bridgehead atoms. The lowest BCUT2D eigenvalue weighted by Crippen LogP contribution is -2.18. The number of imidazole rings is 1. The van der Waals surface area contributed by atoms with Gasteiger partial charge < -0.3 is 9.30 Å². The van der Waals surface area contributed by atoms with Gasteiger partial charge >= 0.3 is 5.97 Å². The van der Waals surface area contributed by atoms with Crippen LogP contribution in [0.1, 0.15) is 23.1 Å². The molecule has 5 nitrogen and oxygen atoms in total. The van der Waals surface area contributed by atoms with Crippen LogP contribution in [-0.4, -0.2) is 27.9 Å². The minimum atomic E-state index is -0.830. The number of hydrogen-bond donors (Lipinski definition) is 0. The highest BCUT2D eigenvalue weighted by molar-refractivity contribution is 6.42. The highest BCUT2D eigenvalue weighted by Gasteiger charge is 2.22. The van der Waals surface area contributed by atoms with Gasteiger partial charge in [0.25, 0.3) is 5.78 Å². The molecule has 2 aromatic rings. The molecule has 0 radical (unpaired) electrons. The van der Waals surface area contributed by atoms with E-state index in [1.165, 1.54) is 0 Å². The first-order valence-electron chi connectivity index (χ1n) is 5.69. The first-order valence-corrected chi connectivity index (χ1v) is 5.69. The Morgan fingerprint density at radius 2 is 2.11 bits per heavy atom. The summed E-state index contributed by atoms with van der Waals surface area (Å²) in [6.07, 6.45) is 0. The average molecular weight is 246 g/mol. The van der Waals surface area contributed by atoms with E-state index in [9.17, 15) is 9.59 Å². The zero-order valence-electron chi connectivity index (χ0n) is 10.6. The smallest absolute Gasteiger partial charge is 0.379 e. The van der Waals surface area contributed by atoms with Crippen molar-refractivity contribution < 1.29 is 14.3 Å². The Morgan fingerprint density at radius 1 is 1.39 bits per heavy atom. The number of aryl methyl sites for hydroxylation is 2. The third-order valence-corrected chi connectivity index (χ3v) is 2.82. The summed E-state index contributed by atoms with van der Waals surface area (Å²) < 4.78 is 6.53. The number of ketones is 1. The maximum Gasteiger partial charge on any atom is 0.379 e. The number of para-hydroxylation sites is 1. The quantitative estimate of drug-likeness (QED) is 0.469. The third kappa shape index (κ3) is 1.88. The summed E-state index contributed by atoms with van der Waals surface area (Å²) in [5.74, 6) is -0.677. The normalized spacial score (nSPS) is 10.6. The molecule has 0 unspecified atom stereocenters. The van der Waals surface area contributed by atoms with Gasteiger partial charge in [0, 0.05) is 7.05 Å². The first-order chi connectivity index (χ1) is 8.56. The van der Waals surface area contributed by atoms with Crippen LogP contribution in [0, 0.1) is 6.92 Å². The maximum absolute atomic E-state index is 12.0. The number of fused-ring (bicyclic) bond motifs is 1. The zero-order chi connectivity index (χ0) is 13.3. The van der Waals surface area contributed by atoms with Crippen molar-refractivity contribution >= 4 is 22.8 Å². The van der Waals surface area contributed by atoms with Gasteiger partial charge in [-0.3, -0.25) is 4.79 Å². The van der Waals surface area contributed by atoms with Crippen LogP contribution < -0.4 is 0 Å². The summed E-state index contributed by atoms with van der Waals surface area (Å²) in [6.45, 7) is 3.70. The molecular weight excluding hydrogens is 232 g/mol. The zero-order valence-corrected chi connectivity index (χ0v) is 10.6. The number of rotatable bonds is 3. The first kappa shape index (κ1) is 12.3. The van der Waals surface area contributed by atoms with Gasteiger partial charge in [0.15, 0.2) is 0 Å². The van der Waals surface area contributed by atoms with Crippen LogP contribution in [0.2, 0.25) is 0 Å². The van der Waals surface area contributed by atoms with E-state index in [2.05, 4.69) is 4.98 Å². The Balaban J connectivity index is 2.57. The van der Waals surface area contributed by atoms with Crippen molar-refractivity contribution in [3.05, 3.63) is 29.6 Å². The fraction of sp³-hybridized carbons (Fsp3) is 0.308. The molecule has 0 N–H and O–H groups in total. The largest absolute Gasteiger partial charge is 0.460 e. The highest BCUT2D eigenvalue weighted by atomic mass is 16.5. The van der Waals surface area contributed by atoms with Gasteiger partial charge in [-0.05, 0) is 26.0 Å². The number of aromatic nitrogens is 2. The molecule has 0 aliphatic carbocycles. The van der Waals surface area contributed by atoms with Crippen molar-refractivity contribution in [1.29, 1.82) is 0 Å². The second-order valence-electron chi connectivity index (χ2n) is 3.94. The van der Waals surface area contributed by atoms with Gasteiger partial charge in [0.1, 0.15) is 5.82 Å². The second-order valence-corrected chi connectivity index (χ2v) is 3.94. The van der Waals surface area contributed by atoms with Crippen LogP contribution in [0.5, 0.6) is 0 Å². The lowest BCUT2D eigenvalue weighted by atomic mass is 10.1. The van der Waals surface area contributed by atoms with Gasteiger partial charge in [-0.25, -0.2) is 9.78 Å². The third-order valence-electron chi connectivity index (χ3n) is 2.82. The van der Waals surface area contributed by atoms with Crippen LogP contribution in [0.4, 0.5) is 0 Å². The predicted octanol–water partition coefficient (Wildman–Crippen LogP) is 1.63. The van der Waals surface area contributed by atoms with Crippen LogP contribution in [0.3, 0.4) is 0 Å². The summed E-state index contributed by atoms with van der Waals surface area (Å²) in [5, 5.41) is 0. The van der Waals surface area contributed by atoms with E-state index in [0.717, 1.165) is 5.82 Å². The number of esters is 1. The second kappa shape index (κ2) is 4.60. The molecule has 1 heterocycles. The minimum Gasteiger partial charge on any atom is -0.460 e. The van der Waals surface area contributed by atoms with Crippen LogP contribution in [0.25, 0.3) is 11.0 Å². The number of carbonyl (C=O) groups is 2. The molecule has 5 heteroatoms. The molecule has 0 amide bonds.